The van der Waals surface area contributed by atoms with Crippen molar-refractivity contribution in [3.8, 4) is 11.4 Å². The van der Waals surface area contributed by atoms with Gasteiger partial charge in [-0.2, -0.15) is 9.36 Å². The summed E-state index contributed by atoms with van der Waals surface area (Å²) < 4.78 is 8.13. The van der Waals surface area contributed by atoms with Crippen molar-refractivity contribution < 1.29 is 4.74 Å². The van der Waals surface area contributed by atoms with Gasteiger partial charge in [-0.05, 0) is 41.1 Å². The van der Waals surface area contributed by atoms with Crippen molar-refractivity contribution in [1.29, 1.82) is 0 Å². The minimum absolute atomic E-state index is 0.0953. The van der Waals surface area contributed by atoms with Crippen molar-refractivity contribution in [2.24, 2.45) is 7.05 Å². The highest BCUT2D eigenvalue weighted by atomic mass is 35.5. The van der Waals surface area contributed by atoms with Gasteiger partial charge in [0.1, 0.15) is 12.4 Å². The van der Waals surface area contributed by atoms with Gasteiger partial charge in [0.05, 0.1) is 12.3 Å². The van der Waals surface area contributed by atoms with Crippen LogP contribution in [-0.4, -0.2) is 19.8 Å². The molecule has 0 amide bonds. The fourth-order valence-electron chi connectivity index (χ4n) is 2.36. The molecule has 25 heavy (non-hydrogen) atoms. The number of halogens is 1. The molecule has 0 saturated carbocycles. The van der Waals surface area contributed by atoms with Gasteiger partial charge in [0.25, 0.3) is 0 Å². The monoisotopic (exact) mass is 355 g/mol. The van der Waals surface area contributed by atoms with E-state index in [1.165, 1.54) is 7.05 Å². The molecule has 0 fully saturated rings. The highest BCUT2D eigenvalue weighted by Gasteiger charge is 2.15. The third-order valence-electron chi connectivity index (χ3n) is 3.72. The highest BCUT2D eigenvalue weighted by Crippen LogP contribution is 2.28. The Kier molecular flexibility index (Phi) is 4.55. The van der Waals surface area contributed by atoms with E-state index in [2.05, 4.69) is 15.3 Å². The first-order chi connectivity index (χ1) is 12.0. The van der Waals surface area contributed by atoms with Crippen molar-refractivity contribution in [1.82, 2.24) is 19.8 Å². The number of hydrogen-bond acceptors (Lipinski definition) is 4. The van der Waals surface area contributed by atoms with E-state index >= 15 is 0 Å². The second-order valence-corrected chi connectivity index (χ2v) is 5.82. The smallest absolute Gasteiger partial charge is 0.368 e. The van der Waals surface area contributed by atoms with E-state index in [0.717, 1.165) is 14.9 Å². The summed E-state index contributed by atoms with van der Waals surface area (Å²) in [6.07, 6.45) is 0. The predicted molar refractivity (Wildman–Crippen MR) is 93.4 cm³/mol. The summed E-state index contributed by atoms with van der Waals surface area (Å²) in [6.45, 7) is 9.38. The maximum absolute atomic E-state index is 12.2. The normalized spacial score (nSPS) is 10.5. The van der Waals surface area contributed by atoms with Gasteiger partial charge in [0, 0.05) is 17.6 Å². The molecule has 0 aliphatic heterocycles. The fraction of sp³-hybridized carbons (Fsp3) is 0.176. The SMILES string of the molecule is [C-]#[N+]c1cccc(-n2nnn(C)c2=O)c1COc1cc(Cl)ccc1C. The number of nitrogens with zero attached hydrogens (tertiary/aromatic N) is 5. The van der Waals surface area contributed by atoms with Gasteiger partial charge in [-0.3, -0.25) is 0 Å². The maximum Gasteiger partial charge on any atom is 0.368 e. The van der Waals surface area contributed by atoms with Gasteiger partial charge in [-0.25, -0.2) is 9.64 Å². The highest BCUT2D eigenvalue weighted by molar-refractivity contribution is 6.30. The third-order valence-corrected chi connectivity index (χ3v) is 3.95. The molecule has 3 aromatic rings. The van der Waals surface area contributed by atoms with Crippen LogP contribution in [0.2, 0.25) is 5.02 Å². The molecule has 1 heterocycles. The Morgan fingerprint density at radius 3 is 2.76 bits per heavy atom. The van der Waals surface area contributed by atoms with Crippen molar-refractivity contribution in [2.45, 2.75) is 13.5 Å². The molecule has 0 bridgehead atoms. The summed E-state index contributed by atoms with van der Waals surface area (Å²) in [6, 6.07) is 10.4. The van der Waals surface area contributed by atoms with E-state index in [-0.39, 0.29) is 6.61 Å². The lowest BCUT2D eigenvalue weighted by Crippen LogP contribution is -2.23. The lowest BCUT2D eigenvalue weighted by molar-refractivity contribution is 0.304. The van der Waals surface area contributed by atoms with Gasteiger partial charge < -0.3 is 4.74 Å². The third kappa shape index (κ3) is 3.25. The van der Waals surface area contributed by atoms with E-state index in [0.29, 0.717) is 27.7 Å². The average molecular weight is 356 g/mol. The van der Waals surface area contributed by atoms with E-state index in [1.54, 1.807) is 30.3 Å². The zero-order chi connectivity index (χ0) is 18.0. The molecule has 0 spiro atoms. The zero-order valence-electron chi connectivity index (χ0n) is 13.6. The predicted octanol–water partition coefficient (Wildman–Crippen LogP) is 3.06. The summed E-state index contributed by atoms with van der Waals surface area (Å²) in [7, 11) is 1.51. The number of aromatic nitrogens is 4. The molecule has 2 aromatic carbocycles. The second kappa shape index (κ2) is 6.79. The van der Waals surface area contributed by atoms with Gasteiger partial charge in [-0.15, -0.1) is 0 Å². The first kappa shape index (κ1) is 16.7. The molecule has 0 saturated heterocycles. The molecular formula is C17H14ClN5O2. The van der Waals surface area contributed by atoms with Crippen LogP contribution >= 0.6 is 11.6 Å². The largest absolute Gasteiger partial charge is 0.490 e. The average Bonchev–Trinajstić information content (AvgIpc) is 2.94. The van der Waals surface area contributed by atoms with Crippen molar-refractivity contribution >= 4 is 17.3 Å². The number of ether oxygens (including phenoxy) is 1. The lowest BCUT2D eigenvalue weighted by Gasteiger charge is -2.13. The van der Waals surface area contributed by atoms with E-state index in [9.17, 15) is 4.79 Å². The molecular weight excluding hydrogens is 342 g/mol. The molecule has 7 nitrogen and oxygen atoms in total. The quantitative estimate of drug-likeness (QED) is 0.675. The standard InChI is InChI=1S/C17H14ClN5O2/c1-11-7-8-12(18)9-16(11)25-10-13-14(19-2)5-4-6-15(13)23-17(24)22(3)20-21-23/h4-9H,10H2,1,3H3. The van der Waals surface area contributed by atoms with Gasteiger partial charge in [-0.1, -0.05) is 29.8 Å². The zero-order valence-corrected chi connectivity index (χ0v) is 14.4. The summed E-state index contributed by atoms with van der Waals surface area (Å²) in [5.41, 5.74) is 1.92. The molecule has 3 rings (SSSR count). The van der Waals surface area contributed by atoms with Crippen LogP contribution in [0.5, 0.6) is 5.75 Å². The van der Waals surface area contributed by atoms with Gasteiger partial charge in [0.15, 0.2) is 5.69 Å². The summed E-state index contributed by atoms with van der Waals surface area (Å²) in [4.78, 5) is 15.7. The van der Waals surface area contributed by atoms with Crippen LogP contribution in [0, 0.1) is 13.5 Å². The van der Waals surface area contributed by atoms with Gasteiger partial charge in [0.2, 0.25) is 0 Å². The molecule has 0 aliphatic carbocycles. The number of rotatable bonds is 4. The molecule has 1 aromatic heterocycles. The topological polar surface area (TPSA) is 66.3 Å². The minimum Gasteiger partial charge on any atom is -0.490 e. The van der Waals surface area contributed by atoms with E-state index in [4.69, 9.17) is 22.9 Å². The number of hydrogen-bond donors (Lipinski definition) is 0. The van der Waals surface area contributed by atoms with E-state index < -0.39 is 5.69 Å². The van der Waals surface area contributed by atoms with E-state index in [1.807, 2.05) is 13.0 Å². The Labute approximate surface area is 148 Å². The fourth-order valence-corrected chi connectivity index (χ4v) is 2.52. The summed E-state index contributed by atoms with van der Waals surface area (Å²) >= 11 is 6.01. The van der Waals surface area contributed by atoms with Crippen LogP contribution in [0.15, 0.2) is 41.2 Å². The molecule has 126 valence electrons. The Morgan fingerprint density at radius 1 is 1.28 bits per heavy atom. The molecule has 0 N–H and O–H groups in total. The van der Waals surface area contributed by atoms with Crippen molar-refractivity contribution in [3.63, 3.8) is 0 Å². The Balaban J connectivity index is 2.03. The van der Waals surface area contributed by atoms with Crippen LogP contribution in [0.3, 0.4) is 0 Å². The Morgan fingerprint density at radius 2 is 2.08 bits per heavy atom. The van der Waals surface area contributed by atoms with Crippen LogP contribution in [0.1, 0.15) is 11.1 Å². The van der Waals surface area contributed by atoms with Gasteiger partial charge >= 0.3 is 5.69 Å². The first-order valence-electron chi connectivity index (χ1n) is 7.39. The van der Waals surface area contributed by atoms with Crippen LogP contribution in [0.4, 0.5) is 5.69 Å². The number of benzene rings is 2. The number of aryl methyl sites for hydroxylation is 2. The Bertz CT molecular complexity index is 1030. The molecule has 0 radical (unpaired) electrons. The summed E-state index contributed by atoms with van der Waals surface area (Å²) in [5, 5.41) is 8.12. The second-order valence-electron chi connectivity index (χ2n) is 5.38. The number of tetrazole rings is 1. The lowest BCUT2D eigenvalue weighted by atomic mass is 10.1. The summed E-state index contributed by atoms with van der Waals surface area (Å²) in [5.74, 6) is 0.615. The van der Waals surface area contributed by atoms with Crippen LogP contribution in [0.25, 0.3) is 10.5 Å². The maximum atomic E-state index is 12.2. The van der Waals surface area contributed by atoms with Crippen molar-refractivity contribution in [3.05, 3.63) is 74.4 Å². The minimum atomic E-state index is -0.401. The molecule has 0 aliphatic rings. The van der Waals surface area contributed by atoms with Crippen molar-refractivity contribution in [2.75, 3.05) is 0 Å². The molecule has 8 heteroatoms. The van der Waals surface area contributed by atoms with Crippen LogP contribution < -0.4 is 10.4 Å². The van der Waals surface area contributed by atoms with Crippen LogP contribution in [-0.2, 0) is 13.7 Å². The first-order valence-corrected chi connectivity index (χ1v) is 7.76. The Hall–Kier alpha value is -3.11. The molecule has 0 atom stereocenters. The molecule has 0 unspecified atom stereocenters.